The van der Waals surface area contributed by atoms with E-state index in [0.29, 0.717) is 15.6 Å². The van der Waals surface area contributed by atoms with Crippen molar-refractivity contribution in [1.82, 2.24) is 9.36 Å². The molecule has 2 aromatic rings. The van der Waals surface area contributed by atoms with E-state index in [4.69, 9.17) is 4.74 Å². The predicted octanol–water partition coefficient (Wildman–Crippen LogP) is 1.84. The number of carbonyl (C=O) groups is 1. The van der Waals surface area contributed by atoms with E-state index in [1.807, 2.05) is 0 Å². The molecule has 0 bridgehead atoms. The van der Waals surface area contributed by atoms with Gasteiger partial charge in [0.05, 0.1) is 17.5 Å². The number of rotatable bonds is 3. The maximum absolute atomic E-state index is 11.7. The summed E-state index contributed by atoms with van der Waals surface area (Å²) in [5.41, 5.74) is 1.63. The van der Waals surface area contributed by atoms with Crippen LogP contribution in [0.2, 0.25) is 0 Å². The molecule has 0 saturated carbocycles. The molecule has 0 unspecified atom stereocenters. The molecule has 0 atom stereocenters. The second-order valence-electron chi connectivity index (χ2n) is 2.43. The highest BCUT2D eigenvalue weighted by molar-refractivity contribution is 7.14. The maximum Gasteiger partial charge on any atom is 0.225 e. The fraction of sp³-hybridized carbons (Fsp3) is 0.125. The molecule has 0 saturated heterocycles. The lowest BCUT2D eigenvalue weighted by Gasteiger charge is -1.89. The van der Waals surface area contributed by atoms with Crippen molar-refractivity contribution in [1.29, 1.82) is 0 Å². The van der Waals surface area contributed by atoms with Gasteiger partial charge in [-0.25, -0.2) is 0 Å². The zero-order valence-corrected chi connectivity index (χ0v) is 8.89. The van der Waals surface area contributed by atoms with E-state index in [2.05, 4.69) is 9.36 Å². The molecular formula is C8H6N2O2S2. The summed E-state index contributed by atoms with van der Waals surface area (Å²) in [4.78, 5) is 16.8. The van der Waals surface area contributed by atoms with Crippen LogP contribution in [0.1, 0.15) is 14.5 Å². The van der Waals surface area contributed by atoms with Crippen LogP contribution in [0.25, 0.3) is 0 Å². The minimum atomic E-state index is -0.0479. The van der Waals surface area contributed by atoms with Crippen molar-refractivity contribution in [2.45, 2.75) is 0 Å². The lowest BCUT2D eigenvalue weighted by molar-refractivity contribution is 0.104. The van der Waals surface area contributed by atoms with Crippen molar-refractivity contribution in [2.24, 2.45) is 0 Å². The molecule has 0 amide bonds. The van der Waals surface area contributed by atoms with Crippen LogP contribution >= 0.6 is 22.9 Å². The van der Waals surface area contributed by atoms with Gasteiger partial charge in [0, 0.05) is 12.3 Å². The van der Waals surface area contributed by atoms with Crippen molar-refractivity contribution in [3.63, 3.8) is 0 Å². The Kier molecular flexibility index (Phi) is 2.55. The molecule has 2 rings (SSSR count). The van der Waals surface area contributed by atoms with Crippen molar-refractivity contribution >= 4 is 28.7 Å². The summed E-state index contributed by atoms with van der Waals surface area (Å²) in [6, 6.07) is 1.63. The normalized spacial score (nSPS) is 10.1. The summed E-state index contributed by atoms with van der Waals surface area (Å²) in [7, 11) is 1.52. The number of nitrogens with zero attached hydrogens (tertiary/aromatic N) is 2. The summed E-state index contributed by atoms with van der Waals surface area (Å²) >= 11 is 2.45. The van der Waals surface area contributed by atoms with Gasteiger partial charge < -0.3 is 4.74 Å². The van der Waals surface area contributed by atoms with Crippen molar-refractivity contribution in [2.75, 3.05) is 7.11 Å². The Morgan fingerprint density at radius 2 is 2.36 bits per heavy atom. The highest BCUT2D eigenvalue weighted by Crippen LogP contribution is 2.21. The molecule has 14 heavy (non-hydrogen) atoms. The van der Waals surface area contributed by atoms with Crippen molar-refractivity contribution in [3.8, 4) is 5.88 Å². The molecule has 0 aliphatic carbocycles. The Labute approximate surface area is 88.4 Å². The zero-order valence-electron chi connectivity index (χ0n) is 7.26. The van der Waals surface area contributed by atoms with Crippen LogP contribution in [0, 0.1) is 0 Å². The molecule has 0 aromatic carbocycles. The van der Waals surface area contributed by atoms with E-state index in [1.54, 1.807) is 17.8 Å². The quantitative estimate of drug-likeness (QED) is 0.749. The number of thiazole rings is 1. The summed E-state index contributed by atoms with van der Waals surface area (Å²) in [6.07, 6.45) is 1.55. The largest absolute Gasteiger partial charge is 0.480 e. The number of hydrogen-bond donors (Lipinski definition) is 0. The average molecular weight is 226 g/mol. The summed E-state index contributed by atoms with van der Waals surface area (Å²) < 4.78 is 8.85. The number of ketones is 1. The van der Waals surface area contributed by atoms with Crippen LogP contribution in [0.15, 0.2) is 17.8 Å². The van der Waals surface area contributed by atoms with Gasteiger partial charge in [-0.05, 0) is 11.5 Å². The second kappa shape index (κ2) is 3.85. The first-order valence-electron chi connectivity index (χ1n) is 3.75. The predicted molar refractivity (Wildman–Crippen MR) is 54.2 cm³/mol. The highest BCUT2D eigenvalue weighted by Gasteiger charge is 2.14. The molecule has 6 heteroatoms. The van der Waals surface area contributed by atoms with Crippen LogP contribution in [0.4, 0.5) is 0 Å². The SMILES string of the molecule is COc1cc(C(=O)c2cncs2)sn1. The van der Waals surface area contributed by atoms with Gasteiger partial charge in [0.25, 0.3) is 0 Å². The van der Waals surface area contributed by atoms with E-state index in [1.165, 1.54) is 18.4 Å². The maximum atomic E-state index is 11.7. The molecule has 0 N–H and O–H groups in total. The second-order valence-corrected chi connectivity index (χ2v) is 4.12. The molecule has 4 nitrogen and oxygen atoms in total. The van der Waals surface area contributed by atoms with Crippen LogP contribution in [0.3, 0.4) is 0 Å². The smallest absolute Gasteiger partial charge is 0.225 e. The monoisotopic (exact) mass is 226 g/mol. The van der Waals surface area contributed by atoms with E-state index in [0.717, 1.165) is 11.5 Å². The van der Waals surface area contributed by atoms with Gasteiger partial charge in [-0.2, -0.15) is 4.37 Å². The molecule has 0 aliphatic heterocycles. The van der Waals surface area contributed by atoms with Crippen LogP contribution < -0.4 is 4.74 Å². The van der Waals surface area contributed by atoms with Crippen molar-refractivity contribution < 1.29 is 9.53 Å². The zero-order chi connectivity index (χ0) is 9.97. The molecule has 0 spiro atoms. The lowest BCUT2D eigenvalue weighted by atomic mass is 10.3. The van der Waals surface area contributed by atoms with Gasteiger partial charge >= 0.3 is 0 Å². The molecule has 2 heterocycles. The first-order valence-corrected chi connectivity index (χ1v) is 5.40. The van der Waals surface area contributed by atoms with Gasteiger partial charge in [-0.1, -0.05) is 0 Å². The van der Waals surface area contributed by atoms with E-state index in [9.17, 15) is 4.79 Å². The third-order valence-electron chi connectivity index (χ3n) is 1.58. The number of methoxy groups -OCH3 is 1. The van der Waals surface area contributed by atoms with Gasteiger partial charge in [0.2, 0.25) is 11.7 Å². The molecule has 0 aliphatic rings. The standard InChI is InChI=1S/C8H6N2O2S2/c1-12-7-2-5(14-10-7)8(11)6-3-9-4-13-6/h2-4H,1H3. The Bertz CT molecular complexity index is 436. The van der Waals surface area contributed by atoms with E-state index in [-0.39, 0.29) is 5.78 Å². The molecule has 0 radical (unpaired) electrons. The Morgan fingerprint density at radius 1 is 1.50 bits per heavy atom. The Hall–Kier alpha value is -1.27. The number of aromatic nitrogens is 2. The summed E-state index contributed by atoms with van der Waals surface area (Å²) in [6.45, 7) is 0. The fourth-order valence-corrected chi connectivity index (χ4v) is 2.21. The van der Waals surface area contributed by atoms with E-state index >= 15 is 0 Å². The number of ether oxygens (including phenoxy) is 1. The molecule has 2 aromatic heterocycles. The minimum absolute atomic E-state index is 0.0479. The molecule has 72 valence electrons. The van der Waals surface area contributed by atoms with Crippen LogP contribution in [-0.2, 0) is 0 Å². The van der Waals surface area contributed by atoms with Gasteiger partial charge in [0.15, 0.2) is 0 Å². The lowest BCUT2D eigenvalue weighted by Crippen LogP contribution is -1.94. The highest BCUT2D eigenvalue weighted by atomic mass is 32.1. The van der Waals surface area contributed by atoms with Crippen LogP contribution in [-0.4, -0.2) is 22.3 Å². The number of carbonyl (C=O) groups excluding carboxylic acids is 1. The summed E-state index contributed by atoms with van der Waals surface area (Å²) in [5, 5.41) is 0. The number of hydrogen-bond acceptors (Lipinski definition) is 6. The third-order valence-corrected chi connectivity index (χ3v) is 3.12. The Balaban J connectivity index is 2.28. The summed E-state index contributed by atoms with van der Waals surface area (Å²) in [5.74, 6) is 0.427. The topological polar surface area (TPSA) is 52.1 Å². The third kappa shape index (κ3) is 1.66. The average Bonchev–Trinajstić information content (AvgIpc) is 2.88. The van der Waals surface area contributed by atoms with Gasteiger partial charge in [-0.15, -0.1) is 11.3 Å². The first kappa shape index (κ1) is 9.29. The van der Waals surface area contributed by atoms with Crippen molar-refractivity contribution in [3.05, 3.63) is 27.5 Å². The van der Waals surface area contributed by atoms with Gasteiger partial charge in [0.1, 0.15) is 4.88 Å². The van der Waals surface area contributed by atoms with Gasteiger partial charge in [-0.3, -0.25) is 9.78 Å². The van der Waals surface area contributed by atoms with E-state index < -0.39 is 0 Å². The fourth-order valence-electron chi connectivity index (χ4n) is 0.912. The molecule has 0 fully saturated rings. The first-order chi connectivity index (χ1) is 6.81. The molecular weight excluding hydrogens is 220 g/mol. The Morgan fingerprint density at radius 3 is 2.93 bits per heavy atom. The minimum Gasteiger partial charge on any atom is -0.480 e. The van der Waals surface area contributed by atoms with Crippen LogP contribution in [0.5, 0.6) is 5.88 Å².